The number of hydrogen-bond acceptors (Lipinski definition) is 3. The number of nitrogen functional groups attached to an aromatic ring is 1. The maximum absolute atomic E-state index is 9.11. The van der Waals surface area contributed by atoms with Gasteiger partial charge in [-0.15, -0.1) is 0 Å². The first-order valence-electron chi connectivity index (χ1n) is 8.91. The minimum absolute atomic E-state index is 0.194. The number of para-hydroxylation sites is 1. The van der Waals surface area contributed by atoms with Crippen LogP contribution in [0.25, 0.3) is 0 Å². The lowest BCUT2D eigenvalue weighted by molar-refractivity contribution is 0.260. The summed E-state index contributed by atoms with van der Waals surface area (Å²) in [6, 6.07) is 15.8. The van der Waals surface area contributed by atoms with Crippen LogP contribution in [0.5, 0.6) is 5.75 Å². The Morgan fingerprint density at radius 2 is 1.92 bits per heavy atom. The first-order valence-corrected chi connectivity index (χ1v) is 8.91. The molecule has 0 bridgehead atoms. The van der Waals surface area contributed by atoms with E-state index in [4.69, 9.17) is 15.6 Å². The molecule has 25 heavy (non-hydrogen) atoms. The van der Waals surface area contributed by atoms with E-state index < -0.39 is 0 Å². The molecule has 132 valence electrons. The molecule has 2 aromatic carbocycles. The first-order chi connectivity index (χ1) is 12.2. The van der Waals surface area contributed by atoms with E-state index in [1.165, 1.54) is 0 Å². The second-order valence-corrected chi connectivity index (χ2v) is 6.05. The Balaban J connectivity index is 1.97. The summed E-state index contributed by atoms with van der Waals surface area (Å²) >= 11 is 0. The highest BCUT2D eigenvalue weighted by Gasteiger charge is 2.06. The van der Waals surface area contributed by atoms with Crippen LogP contribution in [0.3, 0.4) is 0 Å². The minimum Gasteiger partial charge on any atom is -0.494 e. The molecular weight excluding hydrogens is 310 g/mol. The van der Waals surface area contributed by atoms with Crippen molar-refractivity contribution < 1.29 is 9.84 Å². The van der Waals surface area contributed by atoms with E-state index in [2.05, 4.69) is 24.8 Å². The van der Waals surface area contributed by atoms with Crippen molar-refractivity contribution in [2.75, 3.05) is 18.9 Å². The third kappa shape index (κ3) is 6.52. The number of hydrogen-bond donors (Lipinski definition) is 2. The van der Waals surface area contributed by atoms with Gasteiger partial charge in [-0.25, -0.2) is 0 Å². The molecule has 0 radical (unpaired) electrons. The molecule has 0 aromatic heterocycles. The summed E-state index contributed by atoms with van der Waals surface area (Å²) in [5.41, 5.74) is 8.89. The average molecular weight is 337 g/mol. The van der Waals surface area contributed by atoms with Crippen LogP contribution in [0.15, 0.2) is 48.5 Å². The van der Waals surface area contributed by atoms with Gasteiger partial charge in [0, 0.05) is 23.8 Å². The van der Waals surface area contributed by atoms with Crippen molar-refractivity contribution in [3.63, 3.8) is 0 Å². The zero-order valence-electron chi connectivity index (χ0n) is 14.9. The topological polar surface area (TPSA) is 55.5 Å². The van der Waals surface area contributed by atoms with Crippen LogP contribution in [0, 0.1) is 17.8 Å². The quantitative estimate of drug-likeness (QED) is 0.564. The first kappa shape index (κ1) is 18.9. The Morgan fingerprint density at radius 3 is 2.64 bits per heavy atom. The molecule has 2 rings (SSSR count). The lowest BCUT2D eigenvalue weighted by atomic mass is 9.99. The van der Waals surface area contributed by atoms with Gasteiger partial charge in [-0.3, -0.25) is 0 Å². The Labute approximate surface area is 150 Å². The number of anilines is 1. The maximum Gasteiger partial charge on any atom is 0.119 e. The summed E-state index contributed by atoms with van der Waals surface area (Å²) in [7, 11) is 0. The molecule has 1 atom stereocenters. The largest absolute Gasteiger partial charge is 0.494 e. The lowest BCUT2D eigenvalue weighted by Gasteiger charge is -2.11. The maximum atomic E-state index is 9.11. The Kier molecular flexibility index (Phi) is 7.88. The number of benzene rings is 2. The number of rotatable bonds is 8. The molecule has 3 heteroatoms. The van der Waals surface area contributed by atoms with Crippen molar-refractivity contribution in [1.29, 1.82) is 0 Å². The smallest absolute Gasteiger partial charge is 0.119 e. The molecule has 0 aliphatic rings. The molecular formula is C22H27NO2. The predicted molar refractivity (Wildman–Crippen MR) is 103 cm³/mol. The monoisotopic (exact) mass is 337 g/mol. The fourth-order valence-corrected chi connectivity index (χ4v) is 2.64. The van der Waals surface area contributed by atoms with Gasteiger partial charge in [0.15, 0.2) is 0 Å². The number of aryl methyl sites for hydroxylation is 1. The molecule has 0 spiro atoms. The van der Waals surface area contributed by atoms with Crippen LogP contribution in [-0.4, -0.2) is 18.3 Å². The summed E-state index contributed by atoms with van der Waals surface area (Å²) in [6.45, 7) is 2.91. The molecule has 3 nitrogen and oxygen atoms in total. The molecule has 2 aromatic rings. The summed E-state index contributed by atoms with van der Waals surface area (Å²) in [5.74, 6) is 7.69. The molecule has 0 heterocycles. The van der Waals surface area contributed by atoms with Gasteiger partial charge in [0.25, 0.3) is 0 Å². The van der Waals surface area contributed by atoms with E-state index in [-0.39, 0.29) is 12.5 Å². The van der Waals surface area contributed by atoms with Gasteiger partial charge in [0.1, 0.15) is 5.75 Å². The Morgan fingerprint density at radius 1 is 1.12 bits per heavy atom. The van der Waals surface area contributed by atoms with Gasteiger partial charge >= 0.3 is 0 Å². The van der Waals surface area contributed by atoms with Crippen LogP contribution < -0.4 is 10.5 Å². The van der Waals surface area contributed by atoms with Gasteiger partial charge in [-0.05, 0) is 61.6 Å². The summed E-state index contributed by atoms with van der Waals surface area (Å²) in [5, 5.41) is 9.11. The predicted octanol–water partition coefficient (Wildman–Crippen LogP) is 4.04. The third-order valence-corrected chi connectivity index (χ3v) is 4.13. The van der Waals surface area contributed by atoms with E-state index in [1.54, 1.807) is 0 Å². The number of aliphatic hydroxyl groups excluding tert-OH is 1. The zero-order valence-corrected chi connectivity index (χ0v) is 14.9. The summed E-state index contributed by atoms with van der Waals surface area (Å²) < 4.78 is 5.77. The average Bonchev–Trinajstić information content (AvgIpc) is 2.65. The van der Waals surface area contributed by atoms with Crippen molar-refractivity contribution in [2.24, 2.45) is 5.92 Å². The van der Waals surface area contributed by atoms with Crippen molar-refractivity contribution >= 4 is 5.69 Å². The summed E-state index contributed by atoms with van der Waals surface area (Å²) in [4.78, 5) is 0. The number of nitrogens with two attached hydrogens (primary N) is 1. The molecule has 0 saturated heterocycles. The molecule has 0 amide bonds. The number of ether oxygens (including phenoxy) is 1. The molecule has 0 aliphatic carbocycles. The van der Waals surface area contributed by atoms with Crippen molar-refractivity contribution in [3.8, 4) is 17.6 Å². The van der Waals surface area contributed by atoms with Gasteiger partial charge < -0.3 is 15.6 Å². The van der Waals surface area contributed by atoms with E-state index >= 15 is 0 Å². The van der Waals surface area contributed by atoms with Gasteiger partial charge in [-0.1, -0.05) is 37.0 Å². The summed E-state index contributed by atoms with van der Waals surface area (Å²) in [6.07, 6.45) is 3.38. The SMILES string of the molecule is CCc1cc(C#CC(CCCO)CCOc2ccccc2)ccc1N. The van der Waals surface area contributed by atoms with Crippen molar-refractivity contribution in [3.05, 3.63) is 59.7 Å². The van der Waals surface area contributed by atoms with Crippen LogP contribution in [0.1, 0.15) is 37.3 Å². The minimum atomic E-state index is 0.194. The highest BCUT2D eigenvalue weighted by atomic mass is 16.5. The molecule has 0 aliphatic heterocycles. The highest BCUT2D eigenvalue weighted by molar-refractivity contribution is 5.52. The molecule has 0 fully saturated rings. The van der Waals surface area contributed by atoms with Crippen molar-refractivity contribution in [2.45, 2.75) is 32.6 Å². The Hall–Kier alpha value is -2.44. The fourth-order valence-electron chi connectivity index (χ4n) is 2.64. The zero-order chi connectivity index (χ0) is 17.9. The molecule has 3 N–H and O–H groups in total. The van der Waals surface area contributed by atoms with Gasteiger partial charge in [-0.2, -0.15) is 0 Å². The Bertz CT molecular complexity index is 701. The second-order valence-electron chi connectivity index (χ2n) is 6.05. The number of aliphatic hydroxyl groups is 1. The van der Waals surface area contributed by atoms with Crippen LogP contribution in [-0.2, 0) is 6.42 Å². The van der Waals surface area contributed by atoms with E-state index in [9.17, 15) is 0 Å². The van der Waals surface area contributed by atoms with Crippen LogP contribution in [0.4, 0.5) is 5.69 Å². The second kappa shape index (κ2) is 10.4. The van der Waals surface area contributed by atoms with Crippen LogP contribution >= 0.6 is 0 Å². The van der Waals surface area contributed by atoms with E-state index in [0.29, 0.717) is 6.61 Å². The highest BCUT2D eigenvalue weighted by Crippen LogP contribution is 2.16. The van der Waals surface area contributed by atoms with Gasteiger partial charge in [0.05, 0.1) is 6.61 Å². The molecule has 0 saturated carbocycles. The van der Waals surface area contributed by atoms with E-state index in [1.807, 2.05) is 42.5 Å². The third-order valence-electron chi connectivity index (χ3n) is 4.13. The van der Waals surface area contributed by atoms with Crippen molar-refractivity contribution in [1.82, 2.24) is 0 Å². The lowest BCUT2D eigenvalue weighted by Crippen LogP contribution is -2.06. The fraction of sp³-hybridized carbons (Fsp3) is 0.364. The van der Waals surface area contributed by atoms with E-state index in [0.717, 1.165) is 48.2 Å². The van der Waals surface area contributed by atoms with Gasteiger partial charge in [0.2, 0.25) is 0 Å². The normalized spacial score (nSPS) is 11.4. The van der Waals surface area contributed by atoms with Crippen LogP contribution in [0.2, 0.25) is 0 Å². The molecule has 1 unspecified atom stereocenters. The standard InChI is InChI=1S/C22H27NO2/c1-2-20-17-19(12-13-22(20)23)11-10-18(7-6-15-24)14-16-25-21-8-4-3-5-9-21/h3-5,8-9,12-13,17-18,24H,2,6-7,14-16,23H2,1H3.